The summed E-state index contributed by atoms with van der Waals surface area (Å²) in [6.45, 7) is 0. The van der Waals surface area contributed by atoms with Gasteiger partial charge in [0, 0.05) is 17.2 Å². The lowest BCUT2D eigenvalue weighted by atomic mass is 10.1. The van der Waals surface area contributed by atoms with E-state index in [9.17, 15) is 13.2 Å². The van der Waals surface area contributed by atoms with Gasteiger partial charge in [-0.2, -0.15) is 0 Å². The molecule has 0 spiro atoms. The van der Waals surface area contributed by atoms with Gasteiger partial charge in [0.2, 0.25) is 0 Å². The summed E-state index contributed by atoms with van der Waals surface area (Å²) in [4.78, 5) is 0. The Morgan fingerprint density at radius 3 is 2.08 bits per heavy atom. The highest BCUT2D eigenvalue weighted by atomic mass is 19.2. The largest absolute Gasteiger partial charge is 0.321 e. The van der Waals surface area contributed by atoms with E-state index in [0.29, 0.717) is 18.9 Å². The van der Waals surface area contributed by atoms with Gasteiger partial charge in [-0.05, 0) is 18.9 Å². The van der Waals surface area contributed by atoms with Crippen LogP contribution in [0.4, 0.5) is 13.2 Å². The minimum Gasteiger partial charge on any atom is -0.321 e. The van der Waals surface area contributed by atoms with Crippen LogP contribution in [-0.2, 0) is 5.54 Å². The lowest BCUT2D eigenvalue weighted by Gasteiger charge is -2.10. The number of hydrogen-bond acceptors (Lipinski definition) is 1. The molecule has 0 bridgehead atoms. The van der Waals surface area contributed by atoms with Crippen molar-refractivity contribution in [2.24, 2.45) is 5.73 Å². The summed E-state index contributed by atoms with van der Waals surface area (Å²) in [5.41, 5.74) is 4.97. The number of halogens is 3. The summed E-state index contributed by atoms with van der Waals surface area (Å²) in [6.07, 6.45) is 1.24. The molecule has 4 heteroatoms. The predicted molar refractivity (Wildman–Crippen MR) is 41.4 cm³/mol. The van der Waals surface area contributed by atoms with Gasteiger partial charge in [-0.3, -0.25) is 0 Å². The third kappa shape index (κ3) is 1.31. The first-order valence-corrected chi connectivity index (χ1v) is 3.97. The highest BCUT2D eigenvalue weighted by Gasteiger charge is 2.42. The maximum atomic E-state index is 13.1. The Morgan fingerprint density at radius 1 is 1.00 bits per heavy atom. The van der Waals surface area contributed by atoms with Crippen LogP contribution in [0.1, 0.15) is 18.4 Å². The average molecular weight is 187 g/mol. The predicted octanol–water partition coefficient (Wildman–Crippen LogP) is 2.05. The number of benzene rings is 1. The molecule has 1 aromatic rings. The topological polar surface area (TPSA) is 26.0 Å². The molecule has 2 rings (SSSR count). The molecule has 1 aliphatic carbocycles. The lowest BCUT2D eigenvalue weighted by molar-refractivity contribution is 0.483. The molecule has 2 N–H and O–H groups in total. The van der Waals surface area contributed by atoms with Gasteiger partial charge in [-0.25, -0.2) is 13.2 Å². The normalized spacial score (nSPS) is 18.8. The molecule has 1 aliphatic rings. The lowest BCUT2D eigenvalue weighted by Crippen LogP contribution is -2.20. The second-order valence-electron chi connectivity index (χ2n) is 3.40. The monoisotopic (exact) mass is 187 g/mol. The molecule has 0 unspecified atom stereocenters. The highest BCUT2D eigenvalue weighted by molar-refractivity contribution is 5.31. The van der Waals surface area contributed by atoms with Crippen LogP contribution in [0.25, 0.3) is 0 Å². The molecule has 70 valence electrons. The smallest absolute Gasteiger partial charge is 0.161 e. The summed E-state index contributed by atoms with van der Waals surface area (Å²) in [5.74, 6) is -2.99. The van der Waals surface area contributed by atoms with Gasteiger partial charge in [-0.15, -0.1) is 0 Å². The van der Waals surface area contributed by atoms with E-state index >= 15 is 0 Å². The fraction of sp³-hybridized carbons (Fsp3) is 0.333. The van der Waals surface area contributed by atoms with Crippen LogP contribution in [0.5, 0.6) is 0 Å². The van der Waals surface area contributed by atoms with Crippen molar-refractivity contribution in [3.63, 3.8) is 0 Å². The minimum absolute atomic E-state index is 0.0754. The Hall–Kier alpha value is -1.03. The standard InChI is InChI=1S/C9H8F3N/c10-6-4-8(12)7(11)3-5(6)9(13)1-2-9/h3-4H,1-2,13H2. The van der Waals surface area contributed by atoms with Crippen molar-refractivity contribution in [2.75, 3.05) is 0 Å². The fourth-order valence-electron chi connectivity index (χ4n) is 1.31. The third-order valence-electron chi connectivity index (χ3n) is 2.34. The molecule has 0 saturated heterocycles. The summed E-state index contributed by atoms with van der Waals surface area (Å²) in [7, 11) is 0. The molecule has 13 heavy (non-hydrogen) atoms. The molecule has 0 aliphatic heterocycles. The number of rotatable bonds is 1. The van der Waals surface area contributed by atoms with Crippen molar-refractivity contribution in [3.05, 3.63) is 35.1 Å². The van der Waals surface area contributed by atoms with Crippen LogP contribution < -0.4 is 5.73 Å². The van der Waals surface area contributed by atoms with Crippen LogP contribution >= 0.6 is 0 Å². The molecule has 0 atom stereocenters. The molecular formula is C9H8F3N. The molecule has 1 fully saturated rings. The summed E-state index contributed by atoms with van der Waals surface area (Å²) >= 11 is 0. The maximum Gasteiger partial charge on any atom is 0.161 e. The van der Waals surface area contributed by atoms with E-state index in [1.807, 2.05) is 0 Å². The second kappa shape index (κ2) is 2.48. The molecule has 0 aromatic heterocycles. The highest BCUT2D eigenvalue weighted by Crippen LogP contribution is 2.43. The molecule has 0 heterocycles. The van der Waals surface area contributed by atoms with Crippen LogP contribution in [0.3, 0.4) is 0 Å². The van der Waals surface area contributed by atoms with E-state index in [-0.39, 0.29) is 5.56 Å². The van der Waals surface area contributed by atoms with Gasteiger partial charge in [0.15, 0.2) is 11.6 Å². The Labute approximate surface area is 73.4 Å². The van der Waals surface area contributed by atoms with Crippen molar-refractivity contribution >= 4 is 0 Å². The third-order valence-corrected chi connectivity index (χ3v) is 2.34. The number of hydrogen-bond donors (Lipinski definition) is 1. The summed E-state index contributed by atoms with van der Waals surface area (Å²) in [5, 5.41) is 0. The SMILES string of the molecule is NC1(c2cc(F)c(F)cc2F)CC1. The Bertz CT molecular complexity index is 358. The van der Waals surface area contributed by atoms with Gasteiger partial charge < -0.3 is 5.73 Å². The number of nitrogens with two attached hydrogens (primary N) is 1. The zero-order chi connectivity index (χ0) is 9.64. The minimum atomic E-state index is -1.18. The molecule has 1 nitrogen and oxygen atoms in total. The fourth-order valence-corrected chi connectivity index (χ4v) is 1.31. The molecular weight excluding hydrogens is 179 g/mol. The Balaban J connectivity index is 2.52. The molecule has 0 amide bonds. The first-order chi connectivity index (χ1) is 6.03. The van der Waals surface area contributed by atoms with Gasteiger partial charge in [0.25, 0.3) is 0 Å². The summed E-state index contributed by atoms with van der Waals surface area (Å²) < 4.78 is 38.3. The average Bonchev–Trinajstić information content (AvgIpc) is 2.77. The van der Waals surface area contributed by atoms with E-state index < -0.39 is 23.0 Å². The first kappa shape index (κ1) is 8.56. The zero-order valence-electron chi connectivity index (χ0n) is 6.78. The van der Waals surface area contributed by atoms with E-state index in [2.05, 4.69) is 0 Å². The molecule has 1 aromatic carbocycles. The first-order valence-electron chi connectivity index (χ1n) is 3.97. The zero-order valence-corrected chi connectivity index (χ0v) is 6.78. The van der Waals surface area contributed by atoms with Crippen LogP contribution in [0.2, 0.25) is 0 Å². The second-order valence-corrected chi connectivity index (χ2v) is 3.40. The van der Waals surface area contributed by atoms with Crippen molar-refractivity contribution in [1.82, 2.24) is 0 Å². The van der Waals surface area contributed by atoms with E-state index in [0.717, 1.165) is 6.07 Å². The Morgan fingerprint density at radius 2 is 1.54 bits per heavy atom. The van der Waals surface area contributed by atoms with Gasteiger partial charge in [-0.1, -0.05) is 0 Å². The molecule has 0 radical (unpaired) electrons. The van der Waals surface area contributed by atoms with E-state index in [1.165, 1.54) is 0 Å². The van der Waals surface area contributed by atoms with Crippen LogP contribution in [0, 0.1) is 17.5 Å². The van der Waals surface area contributed by atoms with Gasteiger partial charge >= 0.3 is 0 Å². The van der Waals surface area contributed by atoms with E-state index in [1.54, 1.807) is 0 Å². The quantitative estimate of drug-likeness (QED) is 0.669. The van der Waals surface area contributed by atoms with Crippen LogP contribution in [0.15, 0.2) is 12.1 Å². The summed E-state index contributed by atoms with van der Waals surface area (Å²) in [6, 6.07) is 1.38. The van der Waals surface area contributed by atoms with Crippen molar-refractivity contribution < 1.29 is 13.2 Å². The maximum absolute atomic E-state index is 13.1. The molecule has 1 saturated carbocycles. The van der Waals surface area contributed by atoms with Crippen molar-refractivity contribution in [1.29, 1.82) is 0 Å². The van der Waals surface area contributed by atoms with Crippen molar-refractivity contribution in [3.8, 4) is 0 Å². The van der Waals surface area contributed by atoms with Crippen LogP contribution in [-0.4, -0.2) is 0 Å². The Kier molecular flexibility index (Phi) is 1.63. The van der Waals surface area contributed by atoms with Gasteiger partial charge in [0.05, 0.1) is 0 Å². The van der Waals surface area contributed by atoms with E-state index in [4.69, 9.17) is 5.73 Å². The van der Waals surface area contributed by atoms with Gasteiger partial charge in [0.1, 0.15) is 5.82 Å². The van der Waals surface area contributed by atoms with Crippen molar-refractivity contribution in [2.45, 2.75) is 18.4 Å².